The number of hydrogen-bond donors (Lipinski definition) is 2. The van der Waals surface area contributed by atoms with Crippen LogP contribution < -0.4 is 5.32 Å². The lowest BCUT2D eigenvalue weighted by Crippen LogP contribution is -2.07. The highest BCUT2D eigenvalue weighted by molar-refractivity contribution is 5.81. The molecule has 0 saturated carbocycles. The smallest absolute Gasteiger partial charge is 0.126 e. The van der Waals surface area contributed by atoms with E-state index < -0.39 is 5.82 Å². The topological polar surface area (TPSA) is 45.2 Å². The maximum absolute atomic E-state index is 13.0. The van der Waals surface area contributed by atoms with Gasteiger partial charge in [-0.2, -0.15) is 0 Å². The molecule has 1 unspecified atom stereocenters. The lowest BCUT2D eigenvalue weighted by atomic mass is 10.1. The number of benzene rings is 2. The van der Waals surface area contributed by atoms with Crippen LogP contribution in [0, 0.1) is 5.82 Å². The molecule has 1 aromatic heterocycles. The first-order valence-corrected chi connectivity index (χ1v) is 6.73. The first-order chi connectivity index (χ1) is 10.1. The molecule has 1 atom stereocenters. The van der Waals surface area contributed by atoms with Crippen LogP contribution in [0.3, 0.4) is 0 Å². The average molecular weight is 282 g/mol. The van der Waals surface area contributed by atoms with Crippen LogP contribution in [0.5, 0.6) is 5.75 Å². The second kappa shape index (κ2) is 5.40. The van der Waals surface area contributed by atoms with E-state index in [0.717, 1.165) is 22.7 Å². The Balaban J connectivity index is 1.87. The van der Waals surface area contributed by atoms with Crippen molar-refractivity contribution in [2.75, 3.05) is 5.32 Å². The van der Waals surface area contributed by atoms with Crippen molar-refractivity contribution < 1.29 is 9.50 Å². The molecule has 0 aliphatic heterocycles. The second-order valence-electron chi connectivity index (χ2n) is 4.99. The summed E-state index contributed by atoms with van der Waals surface area (Å²) in [5.74, 6) is -0.500. The number of nitrogens with one attached hydrogen (secondary N) is 1. The van der Waals surface area contributed by atoms with Gasteiger partial charge in [-0.15, -0.1) is 0 Å². The number of halogens is 1. The van der Waals surface area contributed by atoms with Crippen LogP contribution in [-0.2, 0) is 0 Å². The fourth-order valence-corrected chi connectivity index (χ4v) is 2.36. The third-order valence-corrected chi connectivity index (χ3v) is 3.43. The molecule has 2 N–H and O–H groups in total. The summed E-state index contributed by atoms with van der Waals surface area (Å²) in [6, 6.07) is 13.7. The van der Waals surface area contributed by atoms with Crippen LogP contribution in [-0.4, -0.2) is 10.1 Å². The minimum Gasteiger partial charge on any atom is -0.507 e. The van der Waals surface area contributed by atoms with E-state index in [4.69, 9.17) is 0 Å². The molecule has 21 heavy (non-hydrogen) atoms. The summed E-state index contributed by atoms with van der Waals surface area (Å²) in [4.78, 5) is 4.38. The first kappa shape index (κ1) is 13.4. The van der Waals surface area contributed by atoms with Crippen molar-refractivity contribution in [2.24, 2.45) is 0 Å². The predicted molar refractivity (Wildman–Crippen MR) is 81.8 cm³/mol. The number of aromatic nitrogens is 1. The maximum atomic E-state index is 13.0. The molecule has 0 spiro atoms. The number of hydrogen-bond acceptors (Lipinski definition) is 3. The van der Waals surface area contributed by atoms with Crippen molar-refractivity contribution in [3.63, 3.8) is 0 Å². The van der Waals surface area contributed by atoms with Crippen molar-refractivity contribution in [3.05, 3.63) is 66.1 Å². The van der Waals surface area contributed by atoms with Gasteiger partial charge in [-0.3, -0.25) is 4.98 Å². The van der Waals surface area contributed by atoms with Crippen LogP contribution in [0.15, 0.2) is 54.7 Å². The number of fused-ring (bicyclic) bond motifs is 1. The molecular formula is C17H15FN2O. The van der Waals surface area contributed by atoms with E-state index in [2.05, 4.69) is 10.3 Å². The molecule has 0 radical (unpaired) electrons. The number of rotatable bonds is 3. The molecule has 3 nitrogen and oxygen atoms in total. The number of nitrogens with zero attached hydrogens (tertiary/aromatic N) is 1. The lowest BCUT2D eigenvalue weighted by molar-refractivity contribution is 0.459. The molecule has 0 aliphatic rings. The van der Waals surface area contributed by atoms with Gasteiger partial charge in [-0.1, -0.05) is 24.3 Å². The molecule has 1 heterocycles. The summed E-state index contributed by atoms with van der Waals surface area (Å²) >= 11 is 0. The van der Waals surface area contributed by atoms with Gasteiger partial charge in [-0.25, -0.2) is 4.39 Å². The highest BCUT2D eigenvalue weighted by Gasteiger charge is 2.11. The van der Waals surface area contributed by atoms with E-state index in [-0.39, 0.29) is 11.8 Å². The molecule has 0 fully saturated rings. The van der Waals surface area contributed by atoms with Crippen molar-refractivity contribution in [1.29, 1.82) is 0 Å². The SMILES string of the molecule is CC(Nc1cnc2ccccc2c1)c1ccc(F)cc1O. The molecule has 0 amide bonds. The fraction of sp³-hybridized carbons (Fsp3) is 0.118. The fourth-order valence-electron chi connectivity index (χ4n) is 2.36. The van der Waals surface area contributed by atoms with E-state index in [1.54, 1.807) is 12.3 Å². The Morgan fingerprint density at radius 3 is 2.76 bits per heavy atom. The van der Waals surface area contributed by atoms with Crippen molar-refractivity contribution >= 4 is 16.6 Å². The minimum atomic E-state index is -0.448. The van der Waals surface area contributed by atoms with Crippen molar-refractivity contribution in [1.82, 2.24) is 4.98 Å². The van der Waals surface area contributed by atoms with Gasteiger partial charge < -0.3 is 10.4 Å². The van der Waals surface area contributed by atoms with Crippen LogP contribution >= 0.6 is 0 Å². The quantitative estimate of drug-likeness (QED) is 0.754. The molecule has 0 bridgehead atoms. The highest BCUT2D eigenvalue weighted by atomic mass is 19.1. The summed E-state index contributed by atoms with van der Waals surface area (Å²) < 4.78 is 13.0. The molecule has 2 aromatic carbocycles. The molecule has 4 heteroatoms. The molecule has 0 aliphatic carbocycles. The molecule has 3 rings (SSSR count). The Morgan fingerprint density at radius 1 is 1.14 bits per heavy atom. The van der Waals surface area contributed by atoms with E-state index in [0.29, 0.717) is 5.56 Å². The third-order valence-electron chi connectivity index (χ3n) is 3.43. The number of anilines is 1. The maximum Gasteiger partial charge on any atom is 0.126 e. The lowest BCUT2D eigenvalue weighted by Gasteiger charge is -2.17. The third kappa shape index (κ3) is 2.79. The molecule has 106 valence electrons. The van der Waals surface area contributed by atoms with Crippen LogP contribution in [0.2, 0.25) is 0 Å². The normalized spacial score (nSPS) is 12.3. The molecule has 3 aromatic rings. The second-order valence-corrected chi connectivity index (χ2v) is 4.99. The van der Waals surface area contributed by atoms with Gasteiger partial charge in [0.1, 0.15) is 11.6 Å². The van der Waals surface area contributed by atoms with Crippen molar-refractivity contribution in [3.8, 4) is 5.75 Å². The zero-order valence-corrected chi connectivity index (χ0v) is 11.5. The number of phenolic OH excluding ortho intramolecular Hbond substituents is 1. The number of para-hydroxylation sites is 1. The Hall–Kier alpha value is -2.62. The minimum absolute atomic E-state index is 0.0521. The zero-order chi connectivity index (χ0) is 14.8. The summed E-state index contributed by atoms with van der Waals surface area (Å²) in [6.07, 6.45) is 1.75. The van der Waals surface area contributed by atoms with E-state index >= 15 is 0 Å². The number of pyridine rings is 1. The van der Waals surface area contributed by atoms with Gasteiger partial charge in [-0.05, 0) is 25.1 Å². The van der Waals surface area contributed by atoms with Crippen LogP contribution in [0.4, 0.5) is 10.1 Å². The Kier molecular flexibility index (Phi) is 3.44. The van der Waals surface area contributed by atoms with Crippen LogP contribution in [0.1, 0.15) is 18.5 Å². The summed E-state index contributed by atoms with van der Waals surface area (Å²) in [7, 11) is 0. The van der Waals surface area contributed by atoms with Gasteiger partial charge in [0.15, 0.2) is 0 Å². The summed E-state index contributed by atoms with van der Waals surface area (Å²) in [5, 5.41) is 14.1. The van der Waals surface area contributed by atoms with Crippen LogP contribution in [0.25, 0.3) is 10.9 Å². The monoisotopic (exact) mass is 282 g/mol. The molecule has 0 saturated heterocycles. The highest BCUT2D eigenvalue weighted by Crippen LogP contribution is 2.28. The van der Waals surface area contributed by atoms with Gasteiger partial charge in [0, 0.05) is 17.0 Å². The van der Waals surface area contributed by atoms with E-state index in [1.807, 2.05) is 37.3 Å². The first-order valence-electron chi connectivity index (χ1n) is 6.73. The van der Waals surface area contributed by atoms with Gasteiger partial charge in [0.2, 0.25) is 0 Å². The summed E-state index contributed by atoms with van der Waals surface area (Å²) in [6.45, 7) is 1.90. The van der Waals surface area contributed by atoms with Gasteiger partial charge >= 0.3 is 0 Å². The zero-order valence-electron chi connectivity index (χ0n) is 11.5. The average Bonchev–Trinajstić information content (AvgIpc) is 2.47. The number of phenols is 1. The Morgan fingerprint density at radius 2 is 1.95 bits per heavy atom. The van der Waals surface area contributed by atoms with E-state index in [1.165, 1.54) is 6.07 Å². The predicted octanol–water partition coefficient (Wildman–Crippen LogP) is 4.25. The largest absolute Gasteiger partial charge is 0.507 e. The Labute approximate surface area is 122 Å². The Bertz CT molecular complexity index is 789. The van der Waals surface area contributed by atoms with E-state index in [9.17, 15) is 9.50 Å². The van der Waals surface area contributed by atoms with Gasteiger partial charge in [0.05, 0.1) is 23.4 Å². The molecular weight excluding hydrogens is 267 g/mol. The summed E-state index contributed by atoms with van der Waals surface area (Å²) in [5.41, 5.74) is 2.43. The van der Waals surface area contributed by atoms with Gasteiger partial charge in [0.25, 0.3) is 0 Å². The standard InChI is InChI=1S/C17H15FN2O/c1-11(15-7-6-13(18)9-17(15)21)20-14-8-12-4-2-3-5-16(12)19-10-14/h2-11,20-21H,1H3. The number of aromatic hydroxyl groups is 1. The van der Waals surface area contributed by atoms with Crippen molar-refractivity contribution in [2.45, 2.75) is 13.0 Å².